The molecule has 90 valence electrons. The molecule has 0 spiro atoms. The van der Waals surface area contributed by atoms with Crippen molar-refractivity contribution in [2.24, 2.45) is 0 Å². The smallest absolute Gasteiger partial charge is 0.0675 e. The van der Waals surface area contributed by atoms with Gasteiger partial charge in [0, 0.05) is 29.4 Å². The van der Waals surface area contributed by atoms with Crippen molar-refractivity contribution < 1.29 is 5.11 Å². The van der Waals surface area contributed by atoms with Crippen LogP contribution < -0.4 is 5.32 Å². The third-order valence-electron chi connectivity index (χ3n) is 3.08. The fraction of sp³-hybridized carbons (Fsp3) is 0.667. The molecule has 0 radical (unpaired) electrons. The molecular formula is C12H20N2OS. The summed E-state index contributed by atoms with van der Waals surface area (Å²) in [6.07, 6.45) is 1.17. The summed E-state index contributed by atoms with van der Waals surface area (Å²) in [6.45, 7) is 6.57. The van der Waals surface area contributed by atoms with Crippen molar-refractivity contribution in [3.05, 3.63) is 21.9 Å². The van der Waals surface area contributed by atoms with Crippen LogP contribution in [0.5, 0.6) is 0 Å². The zero-order valence-corrected chi connectivity index (χ0v) is 10.6. The molecule has 2 rings (SSSR count). The van der Waals surface area contributed by atoms with E-state index in [1.165, 1.54) is 16.2 Å². The van der Waals surface area contributed by atoms with Crippen molar-refractivity contribution in [3.8, 4) is 0 Å². The molecule has 3 nitrogen and oxygen atoms in total. The lowest BCUT2D eigenvalue weighted by Crippen LogP contribution is -2.33. The van der Waals surface area contributed by atoms with E-state index in [-0.39, 0.29) is 12.6 Å². The van der Waals surface area contributed by atoms with E-state index in [1.54, 1.807) is 11.3 Å². The van der Waals surface area contributed by atoms with Crippen molar-refractivity contribution >= 4 is 11.3 Å². The van der Waals surface area contributed by atoms with Crippen LogP contribution in [0.1, 0.15) is 22.2 Å². The standard InChI is InChI=1S/C12H20N2OS/c1-10-3-4-12(16-10)11(9-15)14-7-2-5-13-6-8-14/h3-4,11,13,15H,2,5-9H2,1H3. The van der Waals surface area contributed by atoms with Crippen LogP contribution >= 0.6 is 11.3 Å². The van der Waals surface area contributed by atoms with Crippen molar-refractivity contribution in [2.75, 3.05) is 32.8 Å². The highest BCUT2D eigenvalue weighted by Gasteiger charge is 2.21. The number of aliphatic hydroxyl groups excluding tert-OH is 1. The second kappa shape index (κ2) is 5.77. The fourth-order valence-electron chi connectivity index (χ4n) is 2.20. The summed E-state index contributed by atoms with van der Waals surface area (Å²) in [5.74, 6) is 0. The molecule has 1 aliphatic heterocycles. The average Bonchev–Trinajstić information content (AvgIpc) is 2.55. The predicted octanol–water partition coefficient (Wildman–Crippen LogP) is 1.39. The van der Waals surface area contributed by atoms with E-state index in [2.05, 4.69) is 29.3 Å². The van der Waals surface area contributed by atoms with Crippen molar-refractivity contribution in [1.82, 2.24) is 10.2 Å². The molecule has 0 bridgehead atoms. The first kappa shape index (κ1) is 12.0. The normalized spacial score (nSPS) is 20.6. The van der Waals surface area contributed by atoms with Gasteiger partial charge < -0.3 is 10.4 Å². The molecule has 0 saturated carbocycles. The van der Waals surface area contributed by atoms with Gasteiger partial charge in [0.15, 0.2) is 0 Å². The minimum absolute atomic E-state index is 0.193. The van der Waals surface area contributed by atoms with Crippen molar-refractivity contribution in [3.63, 3.8) is 0 Å². The molecule has 1 aromatic rings. The maximum atomic E-state index is 9.58. The van der Waals surface area contributed by atoms with Gasteiger partial charge >= 0.3 is 0 Å². The molecule has 1 aromatic heterocycles. The van der Waals surface area contributed by atoms with E-state index in [4.69, 9.17) is 0 Å². The third-order valence-corrected chi connectivity index (χ3v) is 4.18. The van der Waals surface area contributed by atoms with Crippen LogP contribution in [-0.4, -0.2) is 42.8 Å². The Kier molecular flexibility index (Phi) is 4.35. The number of rotatable bonds is 3. The Labute approximate surface area is 101 Å². The van der Waals surface area contributed by atoms with Gasteiger partial charge in [-0.15, -0.1) is 11.3 Å². The number of aliphatic hydroxyl groups is 1. The fourth-order valence-corrected chi connectivity index (χ4v) is 3.20. The Bertz CT molecular complexity index is 319. The van der Waals surface area contributed by atoms with Gasteiger partial charge in [-0.1, -0.05) is 0 Å². The van der Waals surface area contributed by atoms with E-state index in [9.17, 15) is 5.11 Å². The van der Waals surface area contributed by atoms with Gasteiger partial charge in [-0.25, -0.2) is 0 Å². The molecule has 1 atom stereocenters. The van der Waals surface area contributed by atoms with Gasteiger partial charge in [-0.05, 0) is 32.0 Å². The van der Waals surface area contributed by atoms with E-state index in [0.717, 1.165) is 26.2 Å². The zero-order chi connectivity index (χ0) is 11.4. The highest BCUT2D eigenvalue weighted by molar-refractivity contribution is 7.12. The monoisotopic (exact) mass is 240 g/mol. The maximum absolute atomic E-state index is 9.58. The van der Waals surface area contributed by atoms with Gasteiger partial charge in [0.2, 0.25) is 0 Å². The lowest BCUT2D eigenvalue weighted by molar-refractivity contribution is 0.132. The van der Waals surface area contributed by atoms with Crippen molar-refractivity contribution in [2.45, 2.75) is 19.4 Å². The minimum Gasteiger partial charge on any atom is -0.394 e. The molecule has 1 fully saturated rings. The van der Waals surface area contributed by atoms with E-state index < -0.39 is 0 Å². The summed E-state index contributed by atoms with van der Waals surface area (Å²) < 4.78 is 0. The first-order valence-electron chi connectivity index (χ1n) is 5.93. The highest BCUT2D eigenvalue weighted by Crippen LogP contribution is 2.27. The lowest BCUT2D eigenvalue weighted by Gasteiger charge is -2.28. The molecule has 2 heterocycles. The molecular weight excluding hydrogens is 220 g/mol. The van der Waals surface area contributed by atoms with Gasteiger partial charge in [0.05, 0.1) is 12.6 Å². The van der Waals surface area contributed by atoms with E-state index in [1.807, 2.05) is 0 Å². The molecule has 0 amide bonds. The van der Waals surface area contributed by atoms with E-state index >= 15 is 0 Å². The van der Waals surface area contributed by atoms with Crippen LogP contribution in [0.25, 0.3) is 0 Å². The Morgan fingerprint density at radius 2 is 2.31 bits per heavy atom. The van der Waals surface area contributed by atoms with Crippen molar-refractivity contribution in [1.29, 1.82) is 0 Å². The van der Waals surface area contributed by atoms with E-state index in [0.29, 0.717) is 0 Å². The van der Waals surface area contributed by atoms with Crippen LogP contribution in [0, 0.1) is 6.92 Å². The molecule has 0 aromatic carbocycles. The number of thiophene rings is 1. The number of nitrogens with one attached hydrogen (secondary N) is 1. The number of hydrogen-bond donors (Lipinski definition) is 2. The van der Waals surface area contributed by atoms with Gasteiger partial charge in [0.1, 0.15) is 0 Å². The van der Waals surface area contributed by atoms with Crippen LogP contribution in [0.3, 0.4) is 0 Å². The predicted molar refractivity (Wildman–Crippen MR) is 67.9 cm³/mol. The first-order chi connectivity index (χ1) is 7.81. The molecule has 0 aliphatic carbocycles. The quantitative estimate of drug-likeness (QED) is 0.838. The summed E-state index contributed by atoms with van der Waals surface area (Å²) in [5, 5.41) is 13.0. The summed E-state index contributed by atoms with van der Waals surface area (Å²) in [5.41, 5.74) is 0. The summed E-state index contributed by atoms with van der Waals surface area (Å²) >= 11 is 1.80. The molecule has 1 unspecified atom stereocenters. The van der Waals surface area contributed by atoms with Crippen LogP contribution in [-0.2, 0) is 0 Å². The first-order valence-corrected chi connectivity index (χ1v) is 6.75. The zero-order valence-electron chi connectivity index (χ0n) is 9.78. The Balaban J connectivity index is 2.08. The maximum Gasteiger partial charge on any atom is 0.0675 e. The summed E-state index contributed by atoms with van der Waals surface area (Å²) in [4.78, 5) is 5.01. The van der Waals surface area contributed by atoms with Gasteiger partial charge in [-0.2, -0.15) is 0 Å². The Morgan fingerprint density at radius 1 is 1.44 bits per heavy atom. The molecule has 16 heavy (non-hydrogen) atoms. The molecule has 1 aliphatic rings. The third kappa shape index (κ3) is 2.83. The van der Waals surface area contributed by atoms with Gasteiger partial charge in [-0.3, -0.25) is 4.90 Å². The largest absolute Gasteiger partial charge is 0.394 e. The minimum atomic E-state index is 0.193. The lowest BCUT2D eigenvalue weighted by atomic mass is 10.2. The SMILES string of the molecule is Cc1ccc(C(CO)N2CCCNCC2)s1. The van der Waals surface area contributed by atoms with Crippen LogP contribution in [0.15, 0.2) is 12.1 Å². The Hall–Kier alpha value is -0.420. The average molecular weight is 240 g/mol. The number of hydrogen-bond acceptors (Lipinski definition) is 4. The topological polar surface area (TPSA) is 35.5 Å². The number of nitrogens with zero attached hydrogens (tertiary/aromatic N) is 1. The van der Waals surface area contributed by atoms with Crippen LogP contribution in [0.2, 0.25) is 0 Å². The van der Waals surface area contributed by atoms with Crippen LogP contribution in [0.4, 0.5) is 0 Å². The Morgan fingerprint density at radius 3 is 3.00 bits per heavy atom. The summed E-state index contributed by atoms with van der Waals surface area (Å²) in [7, 11) is 0. The molecule has 4 heteroatoms. The second-order valence-electron chi connectivity index (χ2n) is 4.29. The number of aryl methyl sites for hydroxylation is 1. The second-order valence-corrected chi connectivity index (χ2v) is 5.61. The summed E-state index contributed by atoms with van der Waals surface area (Å²) in [6, 6.07) is 4.48. The highest BCUT2D eigenvalue weighted by atomic mass is 32.1. The van der Waals surface area contributed by atoms with Gasteiger partial charge in [0.25, 0.3) is 0 Å². The molecule has 2 N–H and O–H groups in total. The molecule has 1 saturated heterocycles.